The molecule has 0 radical (unpaired) electrons. The largest absolute Gasteiger partial charge is 0.381 e. The molecule has 2 aromatic heterocycles. The molecule has 0 spiro atoms. The van der Waals surface area contributed by atoms with E-state index in [0.717, 1.165) is 56.8 Å². The van der Waals surface area contributed by atoms with Gasteiger partial charge in [0.15, 0.2) is 5.82 Å². The molecule has 2 aromatic rings. The summed E-state index contributed by atoms with van der Waals surface area (Å²) in [7, 11) is 1.95. The lowest BCUT2D eigenvalue weighted by Gasteiger charge is -2.35. The van der Waals surface area contributed by atoms with Gasteiger partial charge < -0.3 is 14.5 Å². The minimum Gasteiger partial charge on any atom is -0.381 e. The fourth-order valence-corrected chi connectivity index (χ4v) is 4.60. The van der Waals surface area contributed by atoms with Crippen molar-refractivity contribution in [3.63, 3.8) is 0 Å². The quantitative estimate of drug-likeness (QED) is 0.793. The zero-order valence-electron chi connectivity index (χ0n) is 16.6. The van der Waals surface area contributed by atoms with E-state index < -0.39 is 0 Å². The minimum atomic E-state index is 0.0643. The third kappa shape index (κ3) is 3.48. The third-order valence-electron chi connectivity index (χ3n) is 6.49. The predicted molar refractivity (Wildman–Crippen MR) is 106 cm³/mol. The first-order valence-electron chi connectivity index (χ1n) is 10.6. The molecule has 0 aromatic carbocycles. The average Bonchev–Trinajstić information content (AvgIpc) is 3.25. The molecule has 1 aliphatic carbocycles. The van der Waals surface area contributed by atoms with Gasteiger partial charge in [0.1, 0.15) is 5.52 Å². The van der Waals surface area contributed by atoms with Crippen molar-refractivity contribution in [3.8, 4) is 0 Å². The van der Waals surface area contributed by atoms with Crippen molar-refractivity contribution in [1.29, 1.82) is 0 Å². The molecule has 1 atom stereocenters. The summed E-state index contributed by atoms with van der Waals surface area (Å²) in [5.41, 5.74) is 2.33. The Morgan fingerprint density at radius 1 is 1.25 bits per heavy atom. The Bertz CT molecular complexity index is 848. The molecule has 150 valence electrons. The lowest BCUT2D eigenvalue weighted by atomic mass is 9.95. The van der Waals surface area contributed by atoms with Crippen LogP contribution in [0, 0.1) is 11.8 Å². The van der Waals surface area contributed by atoms with Crippen molar-refractivity contribution in [2.45, 2.75) is 38.0 Å². The van der Waals surface area contributed by atoms with Crippen LogP contribution in [0.2, 0.25) is 0 Å². The van der Waals surface area contributed by atoms with Crippen LogP contribution in [0.3, 0.4) is 0 Å². The van der Waals surface area contributed by atoms with E-state index in [0.29, 0.717) is 18.4 Å². The molecular weight excluding hydrogens is 354 g/mol. The highest BCUT2D eigenvalue weighted by atomic mass is 16.5. The maximum absolute atomic E-state index is 12.5. The highest BCUT2D eigenvalue weighted by molar-refractivity contribution is 5.79. The Labute approximate surface area is 165 Å². The third-order valence-corrected chi connectivity index (χ3v) is 6.49. The number of fused-ring (bicyclic) bond motifs is 1. The number of carbonyl (C=O) groups excluding carboxylic acids is 1. The fraction of sp³-hybridized carbons (Fsp3) is 0.667. The first kappa shape index (κ1) is 17.9. The summed E-state index contributed by atoms with van der Waals surface area (Å²) in [6.07, 6.45) is 9.37. The summed E-state index contributed by atoms with van der Waals surface area (Å²) in [5.74, 6) is 2.57. The smallest absolute Gasteiger partial charge is 0.227 e. The molecule has 5 rings (SSSR count). The van der Waals surface area contributed by atoms with Crippen molar-refractivity contribution in [2.75, 3.05) is 44.8 Å². The van der Waals surface area contributed by atoms with E-state index in [1.807, 2.05) is 28.9 Å². The number of piperidine rings is 1. The molecule has 4 heterocycles. The van der Waals surface area contributed by atoms with Crippen molar-refractivity contribution >= 4 is 17.2 Å². The van der Waals surface area contributed by atoms with Crippen molar-refractivity contribution in [1.82, 2.24) is 19.5 Å². The van der Waals surface area contributed by atoms with Crippen molar-refractivity contribution < 1.29 is 9.53 Å². The van der Waals surface area contributed by atoms with Crippen LogP contribution < -0.4 is 4.90 Å². The van der Waals surface area contributed by atoms with Crippen LogP contribution in [0.25, 0.3) is 5.52 Å². The van der Waals surface area contributed by atoms with E-state index in [9.17, 15) is 4.79 Å². The molecule has 3 aliphatic rings. The monoisotopic (exact) mass is 383 g/mol. The molecule has 1 amide bonds. The van der Waals surface area contributed by atoms with Crippen molar-refractivity contribution in [3.05, 3.63) is 24.2 Å². The molecular formula is C21H29N5O2. The summed E-state index contributed by atoms with van der Waals surface area (Å²) in [5, 5.41) is 4.74. The highest BCUT2D eigenvalue weighted by Crippen LogP contribution is 2.40. The minimum absolute atomic E-state index is 0.0643. The van der Waals surface area contributed by atoms with Crippen molar-refractivity contribution in [2.24, 2.45) is 11.8 Å². The van der Waals surface area contributed by atoms with Gasteiger partial charge in [-0.05, 0) is 44.1 Å². The van der Waals surface area contributed by atoms with Crippen LogP contribution in [0.15, 0.2) is 18.5 Å². The van der Waals surface area contributed by atoms with Gasteiger partial charge in [-0.1, -0.05) is 0 Å². The molecule has 2 aliphatic heterocycles. The Hall–Kier alpha value is -2.15. The lowest BCUT2D eigenvalue weighted by molar-refractivity contribution is -0.134. The molecule has 3 fully saturated rings. The number of amides is 1. The van der Waals surface area contributed by atoms with Gasteiger partial charge in [0.05, 0.1) is 18.2 Å². The number of hydrogen-bond donors (Lipinski definition) is 0. The van der Waals surface area contributed by atoms with E-state index in [-0.39, 0.29) is 11.8 Å². The average molecular weight is 383 g/mol. The zero-order chi connectivity index (χ0) is 19.1. The second-order valence-corrected chi connectivity index (χ2v) is 8.63. The molecule has 0 bridgehead atoms. The zero-order valence-corrected chi connectivity index (χ0v) is 16.6. The highest BCUT2D eigenvalue weighted by Gasteiger charge is 2.30. The van der Waals surface area contributed by atoms with Crippen LogP contribution in [-0.2, 0) is 9.53 Å². The summed E-state index contributed by atoms with van der Waals surface area (Å²) in [6.45, 7) is 4.12. The maximum Gasteiger partial charge on any atom is 0.227 e. The number of hydrogen-bond acceptors (Lipinski definition) is 5. The first-order valence-corrected chi connectivity index (χ1v) is 10.6. The maximum atomic E-state index is 12.5. The number of carbonyl (C=O) groups is 1. The summed E-state index contributed by atoms with van der Waals surface area (Å²) in [4.78, 5) is 21.5. The van der Waals surface area contributed by atoms with Gasteiger partial charge in [0, 0.05) is 51.6 Å². The first-order chi connectivity index (χ1) is 13.7. The van der Waals surface area contributed by atoms with Crippen LogP contribution in [0.5, 0.6) is 0 Å². The topological polar surface area (TPSA) is 63.0 Å². The number of ether oxygens (including phenoxy) is 1. The number of anilines is 1. The van der Waals surface area contributed by atoms with Gasteiger partial charge in [-0.25, -0.2) is 9.50 Å². The molecule has 7 nitrogen and oxygen atoms in total. The number of aromatic nitrogens is 3. The number of rotatable bonds is 5. The number of nitrogens with zero attached hydrogens (tertiary/aromatic N) is 5. The van der Waals surface area contributed by atoms with Crippen LogP contribution >= 0.6 is 0 Å². The van der Waals surface area contributed by atoms with Gasteiger partial charge in [0.2, 0.25) is 5.91 Å². The summed E-state index contributed by atoms with van der Waals surface area (Å²) in [6, 6.07) is 2.22. The van der Waals surface area contributed by atoms with E-state index in [1.165, 1.54) is 18.5 Å². The van der Waals surface area contributed by atoms with Gasteiger partial charge in [-0.15, -0.1) is 0 Å². The summed E-state index contributed by atoms with van der Waals surface area (Å²) >= 11 is 0. The second-order valence-electron chi connectivity index (χ2n) is 8.63. The van der Waals surface area contributed by atoms with Gasteiger partial charge in [0.25, 0.3) is 0 Å². The standard InChI is InChI=1S/C21H29N5O2/c1-24(21(27)17-6-11-28-14-17)13-15-4-8-25(9-5-15)20-19-12-18(16-2-3-16)23-26(19)10-7-22-20/h7,10,12,15-17H,2-6,8-9,11,13-14H2,1H3. The van der Waals surface area contributed by atoms with E-state index in [4.69, 9.17) is 9.84 Å². The Morgan fingerprint density at radius 3 is 2.79 bits per heavy atom. The Kier molecular flexibility index (Phi) is 4.70. The summed E-state index contributed by atoms with van der Waals surface area (Å²) < 4.78 is 7.35. The Balaban J connectivity index is 1.21. The SMILES string of the molecule is CN(CC1CCN(c2nccn3nc(C4CC4)cc23)CC1)C(=O)C1CCOC1. The van der Waals surface area contributed by atoms with Crippen LogP contribution in [0.4, 0.5) is 5.82 Å². The fourth-order valence-electron chi connectivity index (χ4n) is 4.60. The molecule has 28 heavy (non-hydrogen) atoms. The van der Waals surface area contributed by atoms with E-state index in [1.54, 1.807) is 0 Å². The molecule has 7 heteroatoms. The van der Waals surface area contributed by atoms with Gasteiger partial charge >= 0.3 is 0 Å². The van der Waals surface area contributed by atoms with E-state index >= 15 is 0 Å². The van der Waals surface area contributed by atoms with Gasteiger partial charge in [-0.3, -0.25) is 4.79 Å². The molecule has 1 saturated carbocycles. The van der Waals surface area contributed by atoms with Crippen LogP contribution in [0.1, 0.15) is 43.7 Å². The predicted octanol–water partition coefficient (Wildman–Crippen LogP) is 2.32. The van der Waals surface area contributed by atoms with Gasteiger partial charge in [-0.2, -0.15) is 5.10 Å². The Morgan fingerprint density at radius 2 is 2.07 bits per heavy atom. The molecule has 2 saturated heterocycles. The second kappa shape index (κ2) is 7.35. The molecule has 1 unspecified atom stereocenters. The molecule has 0 N–H and O–H groups in total. The lowest BCUT2D eigenvalue weighted by Crippen LogP contribution is -2.41. The normalized spacial score (nSPS) is 23.5. The van der Waals surface area contributed by atoms with E-state index in [2.05, 4.69) is 16.0 Å². The van der Waals surface area contributed by atoms with Crippen LogP contribution in [-0.4, -0.2) is 65.3 Å².